The van der Waals surface area contributed by atoms with Gasteiger partial charge < -0.3 is 50.3 Å². The molecular weight excluding hydrogens is 1260 g/mol. The number of carboxylic acid groups (broad SMARTS) is 2. The van der Waals surface area contributed by atoms with Gasteiger partial charge in [0.15, 0.2) is 0 Å². The lowest BCUT2D eigenvalue weighted by atomic mass is 9.64. The molecule has 0 aromatic heterocycles. The van der Waals surface area contributed by atoms with Crippen LogP contribution in [0.15, 0.2) is 36.4 Å². The summed E-state index contributed by atoms with van der Waals surface area (Å²) in [6.45, 7) is 35.3. The Bertz CT molecular complexity index is 3260. The van der Waals surface area contributed by atoms with Gasteiger partial charge in [0.1, 0.15) is 68.3 Å². The van der Waals surface area contributed by atoms with Crippen LogP contribution in [0, 0.1) is 59.2 Å². The second-order valence-corrected chi connectivity index (χ2v) is 33.4. The molecule has 0 bridgehead atoms. The van der Waals surface area contributed by atoms with Crippen molar-refractivity contribution < 1.29 is 62.7 Å². The Labute approximate surface area is 616 Å². The third-order valence-electron chi connectivity index (χ3n) is 24.1. The van der Waals surface area contributed by atoms with Gasteiger partial charge in [0.05, 0.1) is 7.85 Å². The molecule has 2 radical (unpaired) electrons. The molecule has 12 nitrogen and oxygen atoms in total. The molecular formula is C88H141BO12. The lowest BCUT2D eigenvalue weighted by Gasteiger charge is -2.49. The predicted octanol–water partition coefficient (Wildman–Crippen LogP) is 24.1. The first kappa shape index (κ1) is 84.2. The van der Waals surface area contributed by atoms with E-state index in [0.29, 0.717) is 112 Å². The Morgan fingerprint density at radius 1 is 0.465 bits per heavy atom. The summed E-state index contributed by atoms with van der Waals surface area (Å²) in [5.74, 6) is 6.46. The van der Waals surface area contributed by atoms with E-state index in [4.69, 9.17) is 10.8 Å². The van der Waals surface area contributed by atoms with Gasteiger partial charge in [-0.1, -0.05) is 174 Å². The van der Waals surface area contributed by atoms with Crippen LogP contribution in [0.3, 0.4) is 0 Å². The van der Waals surface area contributed by atoms with Crippen molar-refractivity contribution >= 4 is 19.8 Å². The average Bonchev–Trinajstić information content (AvgIpc) is 0.743. The minimum atomic E-state index is -1.11. The number of rotatable bonds is 22. The maximum Gasteiger partial charge on any atom is 0.339 e. The van der Waals surface area contributed by atoms with Gasteiger partial charge in [-0.15, -0.1) is 0 Å². The largest absolute Gasteiger partial charge is 0.508 e. The van der Waals surface area contributed by atoms with Gasteiger partial charge in [-0.2, -0.15) is 0 Å². The van der Waals surface area contributed by atoms with Crippen LogP contribution in [0.2, 0.25) is 6.80 Å². The zero-order valence-electron chi connectivity index (χ0n) is 65.8. The fourth-order valence-corrected chi connectivity index (χ4v) is 18.7. The third-order valence-corrected chi connectivity index (χ3v) is 24.1. The normalized spacial score (nSPS) is 25.2. The number of carbonyl (C=O) groups is 2. The molecule has 4 aromatic rings. The van der Waals surface area contributed by atoms with E-state index in [1.807, 2.05) is 24.3 Å². The first-order valence-electron chi connectivity index (χ1n) is 40.2. The first-order valence-corrected chi connectivity index (χ1v) is 39.5. The third kappa shape index (κ3) is 21.7. The number of hydrogen-bond acceptors (Lipinski definition) is 10. The second-order valence-electron chi connectivity index (χ2n) is 33.4. The summed E-state index contributed by atoms with van der Waals surface area (Å²) in [6.07, 6.45) is 29.7. The van der Waals surface area contributed by atoms with Crippen molar-refractivity contribution in [2.24, 2.45) is 59.2 Å². The number of phenolic OH excluding ortho intramolecular Hbond substituents is 4. The number of ether oxygens (including phenoxy) is 2. The topological polar surface area (TPSA) is 214 Å². The van der Waals surface area contributed by atoms with Crippen molar-refractivity contribution in [3.8, 4) is 46.0 Å². The van der Waals surface area contributed by atoms with Crippen LogP contribution in [0.4, 0.5) is 0 Å². The van der Waals surface area contributed by atoms with Gasteiger partial charge in [-0.3, -0.25) is 0 Å². The monoisotopic (exact) mass is 1400 g/mol. The molecule has 8 N–H and O–H groups in total. The number of carboxylic acids is 2. The minimum absolute atomic E-state index is 0. The maximum atomic E-state index is 11.9. The van der Waals surface area contributed by atoms with Gasteiger partial charge in [0, 0.05) is 36.9 Å². The standard InChI is InChI=1S/C22H32O4.C22H34O4.C21H32O2.C21H34O2.CH3B.CH4.H2/c1-5-6-7-8-14-12-17-19(20(23)18(14)21(24)25)15-11-13(2)9-10-16(15)22(3,4)26-17;1-5-6-7-8-15-12-18(23)20(21(24)19(15)22(25)26)17-11-14(4)9-10-16(17)13(2)3;1-5-6-7-8-15-12-18(22)20-16-11-14(2)9-10-17(16)21(3,4)23-19(20)13-15;1-5-6-7-8-16-12-19(22)21(20(23)13-16)18-11-15(4)9-10-17(18)14(2)3;1-2;;/h12-13,15-16,23H,5-11H2,1-4H3,(H,24,25);12-14,16-17,23-24H,5-11H2,1-4H3,(H,25,26);12-14,16-17,22H,5-11H2,1-4H3;12-15,17-18,22-23H,5-11H2,1-4H3;1H3;1H4;1H/t13?,15-,16-;14?,16-,17+;14?,16-,17-;15?,17-,18+;;;/m1010.../s1/i;;;;1D;;. The molecule has 0 amide bonds. The van der Waals surface area contributed by atoms with E-state index in [-0.39, 0.29) is 73.0 Å². The number of phenols is 6. The molecule has 4 aliphatic carbocycles. The number of benzene rings is 4. The molecule has 4 unspecified atom stereocenters. The van der Waals surface area contributed by atoms with Crippen molar-refractivity contribution in [2.45, 2.75) is 340 Å². The first-order chi connectivity index (χ1) is 47.8. The fraction of sp³-hybridized carbons (Fsp3) is 0.705. The van der Waals surface area contributed by atoms with Crippen molar-refractivity contribution in [1.82, 2.24) is 0 Å². The Morgan fingerprint density at radius 3 is 1.18 bits per heavy atom. The number of hydrogen-bond donors (Lipinski definition) is 8. The molecule has 10 rings (SSSR count). The van der Waals surface area contributed by atoms with E-state index in [9.17, 15) is 50.4 Å². The van der Waals surface area contributed by atoms with Crippen LogP contribution in [-0.4, -0.2) is 71.8 Å². The zero-order valence-corrected chi connectivity index (χ0v) is 64.8. The molecule has 2 heterocycles. The number of aromatic hydroxyl groups is 6. The van der Waals surface area contributed by atoms with Crippen molar-refractivity contribution in [1.29, 1.82) is 0 Å². The van der Waals surface area contributed by atoms with E-state index >= 15 is 0 Å². The summed E-state index contributed by atoms with van der Waals surface area (Å²) in [6, 6.07) is 11.5. The molecule has 13 heteroatoms. The highest BCUT2D eigenvalue weighted by molar-refractivity contribution is 6.05. The number of unbranched alkanes of at least 4 members (excludes halogenated alkanes) is 8. The number of aryl methyl sites for hydroxylation is 4. The van der Waals surface area contributed by atoms with Gasteiger partial charge in [0.2, 0.25) is 0 Å². The number of aromatic carboxylic acids is 2. The Hall–Kier alpha value is -5.72. The summed E-state index contributed by atoms with van der Waals surface area (Å²) in [5, 5.41) is 84.0. The van der Waals surface area contributed by atoms with Crippen molar-refractivity contribution in [2.75, 3.05) is 0 Å². The van der Waals surface area contributed by atoms with Gasteiger partial charge in [-0.05, 0) is 260 Å². The van der Waals surface area contributed by atoms with Gasteiger partial charge >= 0.3 is 11.9 Å². The molecule has 4 aromatic carbocycles. The van der Waals surface area contributed by atoms with Crippen LogP contribution >= 0.6 is 0 Å². The quantitative estimate of drug-likeness (QED) is 0.0273. The van der Waals surface area contributed by atoms with Crippen LogP contribution < -0.4 is 9.47 Å². The molecule has 6 aliphatic rings. The SMILES string of the molecule is C.CCCCCc1cc(O)c([C@@H]2CC(C)CC[C@H]2C(C)C)c(O)c1.CCCCCc1cc(O)c([C@@H]2CC(C)CC[C@H]2C(C)C)c(O)c1C(=O)O.CCCCCc1cc(O)c2c(c1)OC(C)(C)[C@@H]1CCC(C)C[C@@H]21.CCCCCc1cc2c(c(O)c1C(=O)O)[C@@H]1CC(C)CC[C@H]1C(C)(C)O2.[2H]C[B].[HH]. The Balaban J connectivity index is 0.000000286. The van der Waals surface area contributed by atoms with Crippen molar-refractivity contribution in [3.05, 3.63) is 92.0 Å². The summed E-state index contributed by atoms with van der Waals surface area (Å²) in [5.41, 5.74) is 6.21. The summed E-state index contributed by atoms with van der Waals surface area (Å²) in [4.78, 5) is 23.8. The highest BCUT2D eigenvalue weighted by atomic mass is 16.5. The fourth-order valence-electron chi connectivity index (χ4n) is 18.7. The van der Waals surface area contributed by atoms with E-state index < -0.39 is 11.9 Å². The highest BCUT2D eigenvalue weighted by Crippen LogP contribution is 2.59. The highest BCUT2D eigenvalue weighted by Gasteiger charge is 2.50. The molecule has 4 saturated carbocycles. The van der Waals surface area contributed by atoms with Gasteiger partial charge in [-0.25, -0.2) is 9.59 Å². The van der Waals surface area contributed by atoms with Crippen LogP contribution in [0.5, 0.6) is 46.0 Å². The molecule has 568 valence electrons. The molecule has 2 aliphatic heterocycles. The molecule has 4 fully saturated rings. The maximum absolute atomic E-state index is 11.9. The van der Waals surface area contributed by atoms with E-state index in [0.717, 1.165) is 137 Å². The number of fused-ring (bicyclic) bond motifs is 6. The molecule has 101 heavy (non-hydrogen) atoms. The summed E-state index contributed by atoms with van der Waals surface area (Å²) >= 11 is 0. The lowest BCUT2D eigenvalue weighted by Crippen LogP contribution is -2.46. The Kier molecular flexibility index (Phi) is 32.9. The second kappa shape index (κ2) is 39.4. The van der Waals surface area contributed by atoms with Crippen LogP contribution in [-0.2, 0) is 25.7 Å². The summed E-state index contributed by atoms with van der Waals surface area (Å²) < 4.78 is 18.7. The van der Waals surface area contributed by atoms with Crippen LogP contribution in [0.25, 0.3) is 0 Å². The Morgan fingerprint density at radius 2 is 0.782 bits per heavy atom. The van der Waals surface area contributed by atoms with Crippen LogP contribution in [0.1, 0.15) is 364 Å². The molecule has 12 atom stereocenters. The smallest absolute Gasteiger partial charge is 0.339 e. The van der Waals surface area contributed by atoms with Gasteiger partial charge in [0.25, 0.3) is 0 Å². The van der Waals surface area contributed by atoms with E-state index in [1.165, 1.54) is 69.8 Å². The minimum Gasteiger partial charge on any atom is -0.508 e. The zero-order chi connectivity index (χ0) is 74.8. The average molecular weight is 1400 g/mol. The van der Waals surface area contributed by atoms with Crippen molar-refractivity contribution in [3.63, 3.8) is 0 Å². The molecule has 0 spiro atoms. The van der Waals surface area contributed by atoms with E-state index in [2.05, 4.69) is 125 Å². The summed E-state index contributed by atoms with van der Waals surface area (Å²) in [7, 11) is 4.51. The molecule has 0 saturated heterocycles. The van der Waals surface area contributed by atoms with E-state index in [1.54, 1.807) is 6.07 Å². The predicted molar refractivity (Wildman–Crippen MR) is 419 cm³/mol. The lowest BCUT2D eigenvalue weighted by molar-refractivity contribution is -0.0149.